The molecular weight excluding hydrogens is 124 g/mol. The minimum Gasteiger partial charge on any atom is -0.398 e. The third-order valence-electron chi connectivity index (χ3n) is 1.40. The molecule has 0 amide bonds. The minimum atomic E-state index is 0.667. The predicted molar refractivity (Wildman–Crippen MR) is 43.5 cm³/mol. The Bertz CT molecular complexity index is 253. The van der Waals surface area contributed by atoms with Gasteiger partial charge in [0.25, 0.3) is 0 Å². The number of nitrogen functional groups attached to an aromatic ring is 1. The van der Waals surface area contributed by atoms with Gasteiger partial charge in [0.05, 0.1) is 0 Å². The van der Waals surface area contributed by atoms with Gasteiger partial charge in [-0.3, -0.25) is 0 Å². The molecule has 1 aromatic carbocycles. The molecular formula is C8H10N2. The minimum absolute atomic E-state index is 0.667. The Morgan fingerprint density at radius 1 is 1.50 bits per heavy atom. The Hall–Kier alpha value is -1.31. The molecule has 1 rings (SSSR count). The average Bonchev–Trinajstić information content (AvgIpc) is 1.94. The highest BCUT2D eigenvalue weighted by Crippen LogP contribution is 2.10. The zero-order valence-electron chi connectivity index (χ0n) is 5.89. The van der Waals surface area contributed by atoms with Crippen LogP contribution in [0.4, 0.5) is 5.69 Å². The van der Waals surface area contributed by atoms with Crippen LogP contribution in [0.25, 0.3) is 0 Å². The summed E-state index contributed by atoms with van der Waals surface area (Å²) in [5.74, 6) is 0. The lowest BCUT2D eigenvalue weighted by atomic mass is 10.1. The zero-order valence-corrected chi connectivity index (χ0v) is 5.89. The number of hydrogen-bond donors (Lipinski definition) is 2. The highest BCUT2D eigenvalue weighted by molar-refractivity contribution is 5.84. The Morgan fingerprint density at radius 3 is 2.70 bits per heavy atom. The summed E-state index contributed by atoms with van der Waals surface area (Å²) in [5.41, 5.74) is 8.14. The summed E-state index contributed by atoms with van der Waals surface area (Å²) in [6.45, 7) is 1.98. The van der Waals surface area contributed by atoms with Crippen molar-refractivity contribution in [1.29, 1.82) is 5.41 Å². The summed E-state index contributed by atoms with van der Waals surface area (Å²) in [5, 5.41) is 6.98. The van der Waals surface area contributed by atoms with E-state index in [1.807, 2.05) is 25.1 Å². The van der Waals surface area contributed by atoms with E-state index in [0.29, 0.717) is 5.69 Å². The largest absolute Gasteiger partial charge is 0.398 e. The van der Waals surface area contributed by atoms with Crippen LogP contribution in [0.3, 0.4) is 0 Å². The second-order valence-electron chi connectivity index (χ2n) is 2.28. The van der Waals surface area contributed by atoms with Crippen molar-refractivity contribution in [1.82, 2.24) is 0 Å². The zero-order chi connectivity index (χ0) is 7.56. The van der Waals surface area contributed by atoms with E-state index in [2.05, 4.69) is 0 Å². The smallest absolute Gasteiger partial charge is 0.0403 e. The average molecular weight is 134 g/mol. The fourth-order valence-corrected chi connectivity index (χ4v) is 0.819. The van der Waals surface area contributed by atoms with Crippen LogP contribution in [0.15, 0.2) is 18.2 Å². The second kappa shape index (κ2) is 2.52. The van der Waals surface area contributed by atoms with Crippen molar-refractivity contribution in [3.05, 3.63) is 29.3 Å². The predicted octanol–water partition coefficient (Wildman–Crippen LogP) is 1.57. The number of nitrogens with one attached hydrogen (secondary N) is 1. The summed E-state index contributed by atoms with van der Waals surface area (Å²) >= 11 is 0. The van der Waals surface area contributed by atoms with Crippen molar-refractivity contribution in [2.75, 3.05) is 5.73 Å². The number of hydrogen-bond acceptors (Lipinski definition) is 2. The molecule has 2 nitrogen and oxygen atoms in total. The van der Waals surface area contributed by atoms with Gasteiger partial charge in [-0.25, -0.2) is 0 Å². The Morgan fingerprint density at radius 2 is 2.20 bits per heavy atom. The Balaban J connectivity index is 3.21. The first-order valence-corrected chi connectivity index (χ1v) is 3.10. The highest BCUT2D eigenvalue weighted by atomic mass is 14.6. The van der Waals surface area contributed by atoms with Gasteiger partial charge in [-0.2, -0.15) is 0 Å². The van der Waals surface area contributed by atoms with Crippen molar-refractivity contribution in [2.24, 2.45) is 0 Å². The Kier molecular flexibility index (Phi) is 1.71. The van der Waals surface area contributed by atoms with E-state index in [4.69, 9.17) is 11.1 Å². The first-order chi connectivity index (χ1) is 4.74. The normalized spacial score (nSPS) is 9.30. The van der Waals surface area contributed by atoms with E-state index in [-0.39, 0.29) is 0 Å². The van der Waals surface area contributed by atoms with Crippen LogP contribution in [-0.2, 0) is 0 Å². The van der Waals surface area contributed by atoms with Crippen LogP contribution < -0.4 is 5.73 Å². The van der Waals surface area contributed by atoms with Crippen molar-refractivity contribution in [2.45, 2.75) is 6.92 Å². The Labute approximate surface area is 60.2 Å². The maximum Gasteiger partial charge on any atom is 0.0403 e. The molecule has 0 aliphatic carbocycles. The van der Waals surface area contributed by atoms with Crippen LogP contribution >= 0.6 is 0 Å². The summed E-state index contributed by atoms with van der Waals surface area (Å²) < 4.78 is 0. The van der Waals surface area contributed by atoms with Crippen molar-refractivity contribution >= 4 is 11.9 Å². The molecule has 0 saturated heterocycles. The van der Waals surface area contributed by atoms with E-state index in [1.54, 1.807) is 0 Å². The molecule has 0 aliphatic heterocycles. The maximum atomic E-state index is 6.98. The van der Waals surface area contributed by atoms with E-state index in [9.17, 15) is 0 Å². The lowest BCUT2D eigenvalue weighted by Crippen LogP contribution is -1.92. The monoisotopic (exact) mass is 134 g/mol. The molecule has 0 unspecified atom stereocenters. The number of benzene rings is 1. The highest BCUT2D eigenvalue weighted by Gasteiger charge is 1.93. The maximum absolute atomic E-state index is 6.98. The number of anilines is 1. The topological polar surface area (TPSA) is 49.9 Å². The molecule has 0 radical (unpaired) electrons. The molecule has 0 spiro atoms. The number of nitrogens with two attached hydrogens (primary N) is 1. The molecule has 0 bridgehead atoms. The molecule has 52 valence electrons. The van der Waals surface area contributed by atoms with Gasteiger partial charge in [0.2, 0.25) is 0 Å². The van der Waals surface area contributed by atoms with Gasteiger partial charge in [0, 0.05) is 17.5 Å². The van der Waals surface area contributed by atoms with Crippen LogP contribution in [0.5, 0.6) is 0 Å². The molecule has 0 aromatic heterocycles. The SMILES string of the molecule is Cc1ccc(N)c(C=N)c1. The third kappa shape index (κ3) is 1.16. The van der Waals surface area contributed by atoms with Crippen LogP contribution in [0, 0.1) is 12.3 Å². The molecule has 3 N–H and O–H groups in total. The van der Waals surface area contributed by atoms with Crippen LogP contribution in [0.2, 0.25) is 0 Å². The summed E-state index contributed by atoms with van der Waals surface area (Å²) in [6.07, 6.45) is 1.27. The second-order valence-corrected chi connectivity index (χ2v) is 2.28. The van der Waals surface area contributed by atoms with E-state index < -0.39 is 0 Å². The molecule has 2 heteroatoms. The molecule has 0 aliphatic rings. The van der Waals surface area contributed by atoms with Crippen molar-refractivity contribution < 1.29 is 0 Å². The van der Waals surface area contributed by atoms with Gasteiger partial charge in [0.15, 0.2) is 0 Å². The fraction of sp³-hybridized carbons (Fsp3) is 0.125. The van der Waals surface area contributed by atoms with Crippen LogP contribution in [-0.4, -0.2) is 6.21 Å². The van der Waals surface area contributed by atoms with Crippen molar-refractivity contribution in [3.8, 4) is 0 Å². The van der Waals surface area contributed by atoms with Gasteiger partial charge in [0.1, 0.15) is 0 Å². The molecule has 10 heavy (non-hydrogen) atoms. The van der Waals surface area contributed by atoms with Crippen molar-refractivity contribution in [3.63, 3.8) is 0 Å². The molecule has 0 atom stereocenters. The van der Waals surface area contributed by atoms with Gasteiger partial charge >= 0.3 is 0 Å². The molecule has 1 aromatic rings. The van der Waals surface area contributed by atoms with E-state index >= 15 is 0 Å². The lowest BCUT2D eigenvalue weighted by Gasteiger charge is -1.98. The lowest BCUT2D eigenvalue weighted by molar-refractivity contribution is 1.45. The van der Waals surface area contributed by atoms with Gasteiger partial charge in [-0.15, -0.1) is 0 Å². The third-order valence-corrected chi connectivity index (χ3v) is 1.40. The van der Waals surface area contributed by atoms with E-state index in [1.165, 1.54) is 6.21 Å². The first kappa shape index (κ1) is 6.81. The van der Waals surface area contributed by atoms with Gasteiger partial charge in [-0.05, 0) is 19.1 Å². The summed E-state index contributed by atoms with van der Waals surface area (Å²) in [4.78, 5) is 0. The quantitative estimate of drug-likeness (QED) is 0.444. The molecule has 0 fully saturated rings. The standard InChI is InChI=1S/C8H10N2/c1-6-2-3-8(10)7(4-6)5-9/h2-5,9H,10H2,1H3. The number of aryl methyl sites for hydroxylation is 1. The fourth-order valence-electron chi connectivity index (χ4n) is 0.819. The summed E-state index contributed by atoms with van der Waals surface area (Å²) in [6, 6.07) is 5.64. The summed E-state index contributed by atoms with van der Waals surface area (Å²) in [7, 11) is 0. The van der Waals surface area contributed by atoms with Gasteiger partial charge < -0.3 is 11.1 Å². The number of rotatable bonds is 1. The molecule has 0 heterocycles. The van der Waals surface area contributed by atoms with E-state index in [0.717, 1.165) is 11.1 Å². The van der Waals surface area contributed by atoms with Gasteiger partial charge in [-0.1, -0.05) is 11.6 Å². The first-order valence-electron chi connectivity index (χ1n) is 3.10. The van der Waals surface area contributed by atoms with Crippen LogP contribution in [0.1, 0.15) is 11.1 Å². The molecule has 0 saturated carbocycles.